The van der Waals surface area contributed by atoms with E-state index in [4.69, 9.17) is 13.3 Å². The number of unbranched alkanes of at least 4 members (excludes halogenated alkanes) is 36. The van der Waals surface area contributed by atoms with Gasteiger partial charge in [0.05, 0.1) is 0 Å². The van der Waals surface area contributed by atoms with Gasteiger partial charge >= 0.3 is 0 Å². The molecular formula is C142H173NO3. The molecule has 0 fully saturated rings. The van der Waals surface area contributed by atoms with Crippen molar-refractivity contribution in [1.82, 2.24) is 0 Å². The zero-order chi connectivity index (χ0) is 100. The fraction of sp³-hybridized carbons (Fsp3) is 0.493. The summed E-state index contributed by atoms with van der Waals surface area (Å²) in [4.78, 5) is 2.87. The molecule has 12 aromatic carbocycles. The standard InChI is InChI=1S/C142H173NO3/c1-13-21-29-37-45-59-85-139(86-60-46-38-30-22-14-2)113-83-84-122-124(106-69-51-56-74-119(106)144-122)123(113)110-97-117-109(96-118(110)139)101-80-77-99(94-115(101)140(117,87-61-47-39-31-23-15-3)88-62-48-40-32-24-16-4)143(98-78-81-104-114(93-98)138(11,12)132-129(104)135-127(107-70-52-57-75-120(107)145-135)125-102-67-49-54-72-111(102)137(9,10)131(125)132)100-79-82-105-116(95-100)142(91-65-43-35-27-19-7,92-66-44-36-28-20-8)134-130(105)136-128(108-71-53-58-76-121(108)146-136)126-103-68-50-55-73-112(103)141(133(126)134,89-63-41-33-25-17-5)90-64-42-34-26-18-6/h49-58,67-84,93-97H,13-48,59-66,85-92H2,1-12H3. The number of benzene rings is 12. The number of fused-ring (bicyclic) bond motifs is 34. The topological polar surface area (TPSA) is 42.7 Å². The van der Waals surface area contributed by atoms with E-state index in [-0.39, 0.29) is 27.1 Å². The van der Waals surface area contributed by atoms with E-state index >= 15 is 0 Å². The van der Waals surface area contributed by atoms with E-state index in [0.29, 0.717) is 0 Å². The Balaban J connectivity index is 0.842. The highest BCUT2D eigenvalue weighted by atomic mass is 16.3. The predicted octanol–water partition coefficient (Wildman–Crippen LogP) is 45.0. The lowest BCUT2D eigenvalue weighted by Crippen LogP contribution is -2.33. The molecule has 0 unspecified atom stereocenters. The quantitative estimate of drug-likeness (QED) is 0.0356. The SMILES string of the molecule is CCCCCCCCC1(CCCCCCCC)c2cc(N(c3ccc4c(c3)C(C)(C)c3c5c(c6c(oc7ccccc76)c3-4)-c3ccccc3C5(C)C)c3ccc4c(c3)C(CCCCCCC)(CCCCCCC)c3c5c(c6c(oc7ccccc76)c3-4)-c3ccccc3C5(CCCCCCC)CCCCCCC)ccc2-c2cc3c(cc21)-c1c(ccc2oc4ccccc4c12)C3(CCCCCCCC)CCCCCCCC. The van der Waals surface area contributed by atoms with E-state index in [1.54, 1.807) is 44.5 Å². The monoisotopic (exact) mass is 1940 g/mol. The Labute approximate surface area is 878 Å². The van der Waals surface area contributed by atoms with Crippen LogP contribution in [0.1, 0.15) is 484 Å². The average molecular weight is 1940 g/mol. The van der Waals surface area contributed by atoms with E-state index < -0.39 is 5.41 Å². The Morgan fingerprint density at radius 3 is 0.945 bits per heavy atom. The van der Waals surface area contributed by atoms with E-state index in [2.05, 4.69) is 288 Å². The highest BCUT2D eigenvalue weighted by Gasteiger charge is 2.57. The van der Waals surface area contributed by atoms with Crippen molar-refractivity contribution in [2.24, 2.45) is 0 Å². The molecule has 0 aliphatic heterocycles. The van der Waals surface area contributed by atoms with E-state index in [9.17, 15) is 0 Å². The van der Waals surface area contributed by atoms with Gasteiger partial charge < -0.3 is 18.2 Å². The highest BCUT2D eigenvalue weighted by Crippen LogP contribution is 2.71. The maximum Gasteiger partial charge on any atom is 0.144 e. The minimum Gasteiger partial charge on any atom is -0.456 e. The van der Waals surface area contributed by atoms with Crippen molar-refractivity contribution in [3.63, 3.8) is 0 Å². The third-order valence-corrected chi connectivity index (χ3v) is 37.9. The number of nitrogens with zero attached hydrogens (tertiary/aromatic N) is 1. The Morgan fingerprint density at radius 1 is 0.192 bits per heavy atom. The van der Waals surface area contributed by atoms with Gasteiger partial charge in [0.1, 0.15) is 33.5 Å². The van der Waals surface area contributed by atoms with Crippen LogP contribution in [0.15, 0.2) is 213 Å². The van der Waals surface area contributed by atoms with Crippen LogP contribution in [0.3, 0.4) is 0 Å². The summed E-state index contributed by atoms with van der Waals surface area (Å²) in [5, 5.41) is 7.67. The van der Waals surface area contributed by atoms with Crippen molar-refractivity contribution in [2.75, 3.05) is 4.90 Å². The van der Waals surface area contributed by atoms with Gasteiger partial charge in [0.25, 0.3) is 0 Å². The summed E-state index contributed by atoms with van der Waals surface area (Å²) in [5.41, 5.74) is 43.7. The zero-order valence-electron chi connectivity index (χ0n) is 92.0. The maximum atomic E-state index is 7.95. The van der Waals surface area contributed by atoms with Crippen molar-refractivity contribution in [3.05, 3.63) is 267 Å². The third-order valence-electron chi connectivity index (χ3n) is 37.9. The first kappa shape index (κ1) is 102. The first-order chi connectivity index (χ1) is 71.7. The van der Waals surface area contributed by atoms with Crippen LogP contribution in [0.5, 0.6) is 0 Å². The molecule has 0 N–H and O–H groups in total. The Bertz CT molecular complexity index is 7110. The van der Waals surface area contributed by atoms with Gasteiger partial charge in [-0.25, -0.2) is 0 Å². The zero-order valence-corrected chi connectivity index (χ0v) is 92.0. The van der Waals surface area contributed by atoms with Gasteiger partial charge in [-0.15, -0.1) is 0 Å². The van der Waals surface area contributed by atoms with Crippen LogP contribution < -0.4 is 4.90 Å². The maximum absolute atomic E-state index is 7.95. The second-order valence-corrected chi connectivity index (χ2v) is 47.9. The second-order valence-electron chi connectivity index (χ2n) is 47.9. The number of rotatable bonds is 55. The Morgan fingerprint density at radius 2 is 0.486 bits per heavy atom. The van der Waals surface area contributed by atoms with Crippen molar-refractivity contribution >= 4 is 82.9 Å². The van der Waals surface area contributed by atoms with Gasteiger partial charge in [-0.3, -0.25) is 0 Å². The average Bonchev–Trinajstić information content (AvgIpc) is 1.49. The van der Waals surface area contributed by atoms with Gasteiger partial charge in [-0.2, -0.15) is 0 Å². The number of para-hydroxylation sites is 3. The first-order valence-electron chi connectivity index (χ1n) is 60.3. The molecule has 764 valence electrons. The summed E-state index contributed by atoms with van der Waals surface area (Å²) >= 11 is 0. The smallest absolute Gasteiger partial charge is 0.144 e. The van der Waals surface area contributed by atoms with Gasteiger partial charge in [0, 0.05) is 93.0 Å². The van der Waals surface area contributed by atoms with Gasteiger partial charge in [-0.1, -0.05) is 493 Å². The van der Waals surface area contributed by atoms with Crippen molar-refractivity contribution in [3.8, 4) is 66.8 Å². The van der Waals surface area contributed by atoms with E-state index in [1.807, 2.05) is 0 Å². The summed E-state index contributed by atoms with van der Waals surface area (Å²) < 4.78 is 22.6. The van der Waals surface area contributed by atoms with Crippen LogP contribution in [0.2, 0.25) is 0 Å². The normalized spacial score (nSPS) is 15.4. The number of furan rings is 3. The number of anilines is 3. The fourth-order valence-corrected chi connectivity index (χ4v) is 30.7. The summed E-state index contributed by atoms with van der Waals surface area (Å²) in [6.45, 7) is 29.4. The summed E-state index contributed by atoms with van der Waals surface area (Å²) in [5.74, 6) is 0. The lowest BCUT2D eigenvalue weighted by Gasteiger charge is -2.40. The molecule has 6 aliphatic carbocycles. The number of hydrogen-bond donors (Lipinski definition) is 0. The lowest BCUT2D eigenvalue weighted by molar-refractivity contribution is 0.369. The molecule has 3 aromatic heterocycles. The highest BCUT2D eigenvalue weighted by molar-refractivity contribution is 6.23. The molecule has 0 saturated carbocycles. The largest absolute Gasteiger partial charge is 0.456 e. The fourth-order valence-electron chi connectivity index (χ4n) is 30.7. The third kappa shape index (κ3) is 17.7. The lowest BCUT2D eigenvalue weighted by atomic mass is 9.62. The van der Waals surface area contributed by atoms with Crippen molar-refractivity contribution in [2.45, 2.75) is 449 Å². The molecular weight excluding hydrogens is 1770 g/mol. The second kappa shape index (κ2) is 44.2. The van der Waals surface area contributed by atoms with Gasteiger partial charge in [-0.05, 0) is 247 Å². The molecule has 146 heavy (non-hydrogen) atoms. The molecule has 0 saturated heterocycles. The van der Waals surface area contributed by atoms with Gasteiger partial charge in [0.2, 0.25) is 0 Å². The van der Waals surface area contributed by atoms with Crippen molar-refractivity contribution in [1.29, 1.82) is 0 Å². The van der Waals surface area contributed by atoms with Crippen LogP contribution >= 0.6 is 0 Å². The van der Waals surface area contributed by atoms with Gasteiger partial charge in [0.15, 0.2) is 0 Å². The molecule has 15 aromatic rings. The molecule has 0 bridgehead atoms. The minimum absolute atomic E-state index is 0.156. The van der Waals surface area contributed by atoms with E-state index in [1.165, 1.54) is 434 Å². The predicted molar refractivity (Wildman–Crippen MR) is 628 cm³/mol. The van der Waals surface area contributed by atoms with Crippen LogP contribution in [-0.2, 0) is 32.5 Å². The Kier molecular flexibility index (Phi) is 30.8. The molecule has 0 atom stereocenters. The van der Waals surface area contributed by atoms with Crippen LogP contribution in [0.25, 0.3) is 133 Å². The molecule has 0 amide bonds. The van der Waals surface area contributed by atoms with Crippen LogP contribution in [0.4, 0.5) is 17.1 Å². The molecule has 0 radical (unpaired) electrons. The summed E-state index contributed by atoms with van der Waals surface area (Å²) in [6, 6.07) is 82.1. The Hall–Kier alpha value is -10.2. The molecule has 6 aliphatic rings. The van der Waals surface area contributed by atoms with Crippen LogP contribution in [0, 0.1) is 0 Å². The summed E-state index contributed by atoms with van der Waals surface area (Å²) in [7, 11) is 0. The molecule has 4 heteroatoms. The van der Waals surface area contributed by atoms with E-state index in [0.717, 1.165) is 72.0 Å². The first-order valence-corrected chi connectivity index (χ1v) is 60.3. The molecule has 21 rings (SSSR count). The number of hydrogen-bond acceptors (Lipinski definition) is 4. The summed E-state index contributed by atoms with van der Waals surface area (Å²) in [6.07, 6.45) is 64.6. The molecule has 0 spiro atoms. The minimum atomic E-state index is -0.447. The van der Waals surface area contributed by atoms with Crippen LogP contribution in [-0.4, -0.2) is 0 Å². The van der Waals surface area contributed by atoms with Crippen molar-refractivity contribution < 1.29 is 13.3 Å². The molecule has 4 nitrogen and oxygen atoms in total. The molecule has 3 heterocycles.